The van der Waals surface area contributed by atoms with E-state index in [1.807, 2.05) is 19.9 Å². The molecule has 0 saturated heterocycles. The molecule has 0 unspecified atom stereocenters. The van der Waals surface area contributed by atoms with E-state index < -0.39 is 15.9 Å². The van der Waals surface area contributed by atoms with Crippen LogP contribution in [-0.4, -0.2) is 27.5 Å². The highest BCUT2D eigenvalue weighted by Crippen LogP contribution is 2.29. The number of ether oxygens (including phenoxy) is 2. The van der Waals surface area contributed by atoms with Crippen LogP contribution in [0.25, 0.3) is 6.08 Å². The number of hydrogen-bond acceptors (Lipinski definition) is 6. The number of carbonyl (C=O) groups is 1. The van der Waals surface area contributed by atoms with Crippen molar-refractivity contribution in [2.24, 2.45) is 0 Å². The Balaban J connectivity index is 1.66. The van der Waals surface area contributed by atoms with E-state index in [0.717, 1.165) is 5.56 Å². The molecule has 0 atom stereocenters. The Hall–Kier alpha value is -3.56. The molecule has 0 bridgehead atoms. The lowest BCUT2D eigenvalue weighted by molar-refractivity contribution is -0.111. The Morgan fingerprint density at radius 3 is 2.52 bits per heavy atom. The second-order valence-electron chi connectivity index (χ2n) is 6.83. The summed E-state index contributed by atoms with van der Waals surface area (Å²) in [6, 6.07) is 14.8. The van der Waals surface area contributed by atoms with Crippen LogP contribution in [0.1, 0.15) is 25.2 Å². The van der Waals surface area contributed by atoms with E-state index in [2.05, 4.69) is 10.0 Å². The molecule has 0 aliphatic heterocycles. The van der Waals surface area contributed by atoms with Gasteiger partial charge in [0.25, 0.3) is 0 Å². The van der Waals surface area contributed by atoms with E-state index in [1.165, 1.54) is 24.5 Å². The van der Waals surface area contributed by atoms with Gasteiger partial charge in [-0.15, -0.1) is 0 Å². The van der Waals surface area contributed by atoms with E-state index in [-0.39, 0.29) is 11.4 Å². The smallest absolute Gasteiger partial charge is 0.248 e. The third kappa shape index (κ3) is 6.96. The molecule has 3 rings (SSSR count). The summed E-state index contributed by atoms with van der Waals surface area (Å²) in [4.78, 5) is 12.4. The molecule has 0 fully saturated rings. The number of rotatable bonds is 11. The Kier molecular flexibility index (Phi) is 8.28. The Bertz CT molecular complexity index is 1200. The van der Waals surface area contributed by atoms with Gasteiger partial charge in [0.05, 0.1) is 30.9 Å². The molecule has 174 valence electrons. The quantitative estimate of drug-likeness (QED) is 0.407. The van der Waals surface area contributed by atoms with Crippen LogP contribution in [0.3, 0.4) is 0 Å². The second kappa shape index (κ2) is 11.3. The van der Waals surface area contributed by atoms with Crippen LogP contribution in [0.2, 0.25) is 0 Å². The van der Waals surface area contributed by atoms with E-state index in [0.29, 0.717) is 36.2 Å². The van der Waals surface area contributed by atoms with Crippen LogP contribution in [0.15, 0.2) is 76.2 Å². The zero-order valence-electron chi connectivity index (χ0n) is 18.4. The van der Waals surface area contributed by atoms with Crippen molar-refractivity contribution in [2.75, 3.05) is 18.5 Å². The van der Waals surface area contributed by atoms with Crippen molar-refractivity contribution in [3.05, 3.63) is 78.3 Å². The third-order valence-corrected chi connectivity index (χ3v) is 5.82. The predicted molar refractivity (Wildman–Crippen MR) is 126 cm³/mol. The molecular weight excluding hydrogens is 444 g/mol. The van der Waals surface area contributed by atoms with Gasteiger partial charge in [0.1, 0.15) is 5.76 Å². The van der Waals surface area contributed by atoms with Gasteiger partial charge in [-0.05, 0) is 68.0 Å². The van der Waals surface area contributed by atoms with Gasteiger partial charge in [0.15, 0.2) is 11.5 Å². The molecule has 9 heteroatoms. The minimum atomic E-state index is -3.77. The first kappa shape index (κ1) is 24.1. The van der Waals surface area contributed by atoms with Crippen molar-refractivity contribution in [1.82, 2.24) is 4.72 Å². The molecule has 2 aromatic carbocycles. The molecule has 0 aliphatic carbocycles. The van der Waals surface area contributed by atoms with Crippen molar-refractivity contribution in [3.63, 3.8) is 0 Å². The predicted octanol–water partition coefficient (Wildman–Crippen LogP) is 4.21. The van der Waals surface area contributed by atoms with Crippen molar-refractivity contribution in [3.8, 4) is 11.5 Å². The van der Waals surface area contributed by atoms with Gasteiger partial charge in [-0.25, -0.2) is 13.1 Å². The number of sulfonamides is 1. The largest absolute Gasteiger partial charge is 0.490 e. The SMILES string of the molecule is CCOc1ccc(/C=C/C(=O)Nc2cccc(S(=O)(=O)NCc3ccco3)c2)cc1OCC. The maximum absolute atomic E-state index is 12.5. The van der Waals surface area contributed by atoms with Crippen LogP contribution in [0.5, 0.6) is 11.5 Å². The molecule has 0 spiro atoms. The average Bonchev–Trinajstić information content (AvgIpc) is 3.32. The highest BCUT2D eigenvalue weighted by atomic mass is 32.2. The number of furan rings is 1. The van der Waals surface area contributed by atoms with E-state index in [9.17, 15) is 13.2 Å². The minimum absolute atomic E-state index is 0.0283. The number of anilines is 1. The average molecular weight is 471 g/mol. The molecule has 1 aromatic heterocycles. The first-order chi connectivity index (χ1) is 15.9. The zero-order valence-corrected chi connectivity index (χ0v) is 19.2. The molecule has 33 heavy (non-hydrogen) atoms. The fourth-order valence-corrected chi connectivity index (χ4v) is 3.97. The van der Waals surface area contributed by atoms with Crippen molar-refractivity contribution < 1.29 is 27.1 Å². The number of benzene rings is 2. The van der Waals surface area contributed by atoms with Gasteiger partial charge in [-0.2, -0.15) is 0 Å². The minimum Gasteiger partial charge on any atom is -0.490 e. The van der Waals surface area contributed by atoms with Crippen LogP contribution < -0.4 is 19.5 Å². The van der Waals surface area contributed by atoms with Gasteiger partial charge in [0.2, 0.25) is 15.9 Å². The lowest BCUT2D eigenvalue weighted by Crippen LogP contribution is -2.23. The van der Waals surface area contributed by atoms with Crippen molar-refractivity contribution in [1.29, 1.82) is 0 Å². The van der Waals surface area contributed by atoms with E-state index in [4.69, 9.17) is 13.9 Å². The summed E-state index contributed by atoms with van der Waals surface area (Å²) in [5.74, 6) is 1.33. The maximum atomic E-state index is 12.5. The first-order valence-electron chi connectivity index (χ1n) is 10.4. The van der Waals surface area contributed by atoms with E-state index >= 15 is 0 Å². The van der Waals surface area contributed by atoms with Crippen molar-refractivity contribution in [2.45, 2.75) is 25.3 Å². The Morgan fingerprint density at radius 2 is 1.79 bits per heavy atom. The third-order valence-electron chi connectivity index (χ3n) is 4.42. The van der Waals surface area contributed by atoms with Crippen LogP contribution in [0, 0.1) is 0 Å². The second-order valence-corrected chi connectivity index (χ2v) is 8.59. The molecule has 2 N–H and O–H groups in total. The lowest BCUT2D eigenvalue weighted by atomic mass is 10.2. The zero-order chi connectivity index (χ0) is 23.7. The van der Waals surface area contributed by atoms with Gasteiger partial charge >= 0.3 is 0 Å². The Labute approximate surface area is 193 Å². The van der Waals surface area contributed by atoms with Gasteiger partial charge in [-0.1, -0.05) is 12.1 Å². The van der Waals surface area contributed by atoms with Gasteiger partial charge < -0.3 is 19.2 Å². The molecule has 1 amide bonds. The molecule has 0 aliphatic rings. The van der Waals surface area contributed by atoms with Crippen molar-refractivity contribution >= 4 is 27.7 Å². The van der Waals surface area contributed by atoms with Crippen LogP contribution >= 0.6 is 0 Å². The Morgan fingerprint density at radius 1 is 1.00 bits per heavy atom. The maximum Gasteiger partial charge on any atom is 0.248 e. The standard InChI is InChI=1S/C24H26N2O6S/c1-3-30-22-12-10-18(15-23(22)31-4-2)11-13-24(27)26-19-7-5-9-21(16-19)33(28,29)25-17-20-8-6-14-32-20/h5-16,25H,3-4,17H2,1-2H3,(H,26,27)/b13-11+. The normalized spacial score (nSPS) is 11.5. The highest BCUT2D eigenvalue weighted by molar-refractivity contribution is 7.89. The number of hydrogen-bond donors (Lipinski definition) is 2. The van der Waals surface area contributed by atoms with Gasteiger partial charge in [0, 0.05) is 11.8 Å². The summed E-state index contributed by atoms with van der Waals surface area (Å²) in [5.41, 5.74) is 1.11. The summed E-state index contributed by atoms with van der Waals surface area (Å²) in [7, 11) is -3.77. The molecule has 8 nitrogen and oxygen atoms in total. The molecule has 0 saturated carbocycles. The molecule has 0 radical (unpaired) electrons. The fraction of sp³-hybridized carbons (Fsp3) is 0.208. The summed E-state index contributed by atoms with van der Waals surface area (Å²) in [6.07, 6.45) is 4.47. The molecular formula is C24H26N2O6S. The van der Waals surface area contributed by atoms with Crippen LogP contribution in [-0.2, 0) is 21.4 Å². The molecule has 1 heterocycles. The topological polar surface area (TPSA) is 107 Å². The summed E-state index contributed by atoms with van der Waals surface area (Å²) >= 11 is 0. The number of amides is 1. The number of carbonyl (C=O) groups excluding carboxylic acids is 1. The lowest BCUT2D eigenvalue weighted by Gasteiger charge is -2.11. The van der Waals surface area contributed by atoms with Gasteiger partial charge in [-0.3, -0.25) is 4.79 Å². The van der Waals surface area contributed by atoms with Crippen LogP contribution in [0.4, 0.5) is 5.69 Å². The monoisotopic (exact) mass is 470 g/mol. The number of nitrogens with one attached hydrogen (secondary N) is 2. The molecule has 3 aromatic rings. The highest BCUT2D eigenvalue weighted by Gasteiger charge is 2.15. The van der Waals surface area contributed by atoms with E-state index in [1.54, 1.807) is 42.5 Å². The fourth-order valence-electron chi connectivity index (χ4n) is 2.93. The summed E-state index contributed by atoms with van der Waals surface area (Å²) < 4.78 is 43.8. The summed E-state index contributed by atoms with van der Waals surface area (Å²) in [6.45, 7) is 4.81. The summed E-state index contributed by atoms with van der Waals surface area (Å²) in [5, 5.41) is 2.67. The first-order valence-corrected chi connectivity index (χ1v) is 11.9.